The first kappa shape index (κ1) is 22.7. The van der Waals surface area contributed by atoms with E-state index in [4.69, 9.17) is 9.73 Å². The highest BCUT2D eigenvalue weighted by Crippen LogP contribution is 2.22. The van der Waals surface area contributed by atoms with Gasteiger partial charge in [0.25, 0.3) is 0 Å². The highest BCUT2D eigenvalue weighted by Gasteiger charge is 2.22. The standard InChI is InChI=1S/C22H32FN5OS/c1-3-21-27-19(16-30-21)9-10-25-22(24-4-2)26-15-20(28-11-13-29-14-12-28)17-5-7-18(23)8-6-17/h5-8,16,20H,3-4,9-15H2,1-2H3,(H2,24,25,26). The van der Waals surface area contributed by atoms with Gasteiger partial charge in [-0.05, 0) is 31.0 Å². The minimum absolute atomic E-state index is 0.0932. The lowest BCUT2D eigenvalue weighted by atomic mass is 10.0. The Morgan fingerprint density at radius 2 is 2.00 bits per heavy atom. The van der Waals surface area contributed by atoms with Crippen LogP contribution in [0.15, 0.2) is 34.6 Å². The predicted molar refractivity (Wildman–Crippen MR) is 121 cm³/mol. The molecule has 2 N–H and O–H groups in total. The zero-order valence-electron chi connectivity index (χ0n) is 17.9. The van der Waals surface area contributed by atoms with Crippen molar-refractivity contribution < 1.29 is 9.13 Å². The Kier molecular flexibility index (Phi) is 9.04. The minimum atomic E-state index is -0.216. The molecule has 1 fully saturated rings. The summed E-state index contributed by atoms with van der Waals surface area (Å²) >= 11 is 1.72. The fourth-order valence-electron chi connectivity index (χ4n) is 3.46. The van der Waals surface area contributed by atoms with Crippen LogP contribution in [0, 0.1) is 5.82 Å². The molecular weight excluding hydrogens is 401 g/mol. The normalized spacial score (nSPS) is 16.4. The molecule has 2 aromatic rings. The molecule has 1 saturated heterocycles. The van der Waals surface area contributed by atoms with Crippen molar-refractivity contribution in [2.45, 2.75) is 32.7 Å². The Balaban J connectivity index is 1.64. The zero-order chi connectivity index (χ0) is 21.2. The third-order valence-electron chi connectivity index (χ3n) is 5.08. The Labute approximate surface area is 182 Å². The van der Waals surface area contributed by atoms with E-state index < -0.39 is 0 Å². The van der Waals surface area contributed by atoms with Crippen LogP contribution in [0.25, 0.3) is 0 Å². The lowest BCUT2D eigenvalue weighted by Crippen LogP contribution is -2.42. The van der Waals surface area contributed by atoms with Crippen LogP contribution in [0.5, 0.6) is 0 Å². The van der Waals surface area contributed by atoms with E-state index >= 15 is 0 Å². The van der Waals surface area contributed by atoms with Crippen molar-refractivity contribution in [2.75, 3.05) is 45.9 Å². The van der Waals surface area contributed by atoms with E-state index in [0.29, 0.717) is 19.8 Å². The minimum Gasteiger partial charge on any atom is -0.379 e. The Hall–Kier alpha value is -2.03. The van der Waals surface area contributed by atoms with Gasteiger partial charge in [-0.3, -0.25) is 9.89 Å². The van der Waals surface area contributed by atoms with Crippen LogP contribution in [-0.4, -0.2) is 61.8 Å². The van der Waals surface area contributed by atoms with Crippen LogP contribution in [0.2, 0.25) is 0 Å². The molecule has 0 aliphatic carbocycles. The number of aliphatic imine (C=N–C) groups is 1. The molecule has 1 aromatic carbocycles. The first-order chi connectivity index (χ1) is 14.7. The van der Waals surface area contributed by atoms with Crippen molar-refractivity contribution in [3.05, 3.63) is 51.7 Å². The quantitative estimate of drug-likeness (QED) is 0.470. The van der Waals surface area contributed by atoms with Gasteiger partial charge in [-0.15, -0.1) is 11.3 Å². The van der Waals surface area contributed by atoms with Crippen LogP contribution < -0.4 is 10.6 Å². The van der Waals surface area contributed by atoms with Crippen LogP contribution in [-0.2, 0) is 17.6 Å². The summed E-state index contributed by atoms with van der Waals surface area (Å²) in [5.74, 6) is 0.579. The van der Waals surface area contributed by atoms with Crippen molar-refractivity contribution in [3.8, 4) is 0 Å². The summed E-state index contributed by atoms with van der Waals surface area (Å²) in [7, 11) is 0. The summed E-state index contributed by atoms with van der Waals surface area (Å²) in [6.07, 6.45) is 1.85. The first-order valence-corrected chi connectivity index (χ1v) is 11.6. The van der Waals surface area contributed by atoms with Crippen molar-refractivity contribution >= 4 is 17.3 Å². The highest BCUT2D eigenvalue weighted by atomic mass is 32.1. The molecule has 0 bridgehead atoms. The number of halogens is 1. The lowest BCUT2D eigenvalue weighted by molar-refractivity contribution is 0.0179. The van der Waals surface area contributed by atoms with Crippen molar-refractivity contribution in [3.63, 3.8) is 0 Å². The van der Waals surface area contributed by atoms with E-state index in [2.05, 4.69) is 39.7 Å². The van der Waals surface area contributed by atoms with Gasteiger partial charge in [0.2, 0.25) is 0 Å². The fraction of sp³-hybridized carbons (Fsp3) is 0.545. The van der Waals surface area contributed by atoms with Crippen molar-refractivity contribution in [2.24, 2.45) is 4.99 Å². The second kappa shape index (κ2) is 12.0. The molecule has 2 heterocycles. The lowest BCUT2D eigenvalue weighted by Gasteiger charge is -2.34. The van der Waals surface area contributed by atoms with Gasteiger partial charge in [0.15, 0.2) is 5.96 Å². The molecule has 0 spiro atoms. The van der Waals surface area contributed by atoms with Crippen molar-refractivity contribution in [1.82, 2.24) is 20.5 Å². The third-order valence-corrected chi connectivity index (χ3v) is 6.13. The van der Waals surface area contributed by atoms with Gasteiger partial charge >= 0.3 is 0 Å². The highest BCUT2D eigenvalue weighted by molar-refractivity contribution is 7.09. The number of aryl methyl sites for hydroxylation is 1. The van der Waals surface area contributed by atoms with Crippen LogP contribution in [0.3, 0.4) is 0 Å². The number of hydrogen-bond donors (Lipinski definition) is 2. The Morgan fingerprint density at radius 3 is 2.67 bits per heavy atom. The molecule has 0 amide bonds. The SMILES string of the molecule is CCNC(=NCC(c1ccc(F)cc1)N1CCOCC1)NCCc1csc(CC)n1. The molecule has 30 heavy (non-hydrogen) atoms. The third kappa shape index (κ3) is 6.75. The number of ether oxygens (including phenoxy) is 1. The molecule has 1 atom stereocenters. The maximum Gasteiger partial charge on any atom is 0.191 e. The van der Waals surface area contributed by atoms with Crippen LogP contribution in [0.1, 0.15) is 36.2 Å². The van der Waals surface area contributed by atoms with Gasteiger partial charge in [-0.1, -0.05) is 19.1 Å². The maximum atomic E-state index is 13.4. The number of morpholine rings is 1. The van der Waals surface area contributed by atoms with Gasteiger partial charge in [-0.2, -0.15) is 0 Å². The molecular formula is C22H32FN5OS. The van der Waals surface area contributed by atoms with Crippen LogP contribution >= 0.6 is 11.3 Å². The summed E-state index contributed by atoms with van der Waals surface area (Å²) in [6.45, 7) is 9.49. The largest absolute Gasteiger partial charge is 0.379 e. The topological polar surface area (TPSA) is 61.8 Å². The van der Waals surface area contributed by atoms with Gasteiger partial charge in [0.05, 0.1) is 36.5 Å². The number of guanidine groups is 1. The van der Waals surface area contributed by atoms with Gasteiger partial charge in [0.1, 0.15) is 5.82 Å². The number of aromatic nitrogens is 1. The number of thiazole rings is 1. The summed E-state index contributed by atoms with van der Waals surface area (Å²) < 4.78 is 18.9. The molecule has 164 valence electrons. The van der Waals surface area contributed by atoms with E-state index in [1.54, 1.807) is 11.3 Å². The van der Waals surface area contributed by atoms with E-state index in [1.807, 2.05) is 12.1 Å². The van der Waals surface area contributed by atoms with Crippen molar-refractivity contribution in [1.29, 1.82) is 0 Å². The second-order valence-corrected chi connectivity index (χ2v) is 8.14. The van der Waals surface area contributed by atoms with E-state index in [0.717, 1.165) is 56.2 Å². The molecule has 1 aliphatic rings. The molecule has 0 saturated carbocycles. The van der Waals surface area contributed by atoms with E-state index in [-0.39, 0.29) is 11.9 Å². The average molecular weight is 434 g/mol. The molecule has 6 nitrogen and oxygen atoms in total. The maximum absolute atomic E-state index is 13.4. The van der Waals surface area contributed by atoms with E-state index in [1.165, 1.54) is 17.1 Å². The first-order valence-electron chi connectivity index (χ1n) is 10.7. The molecule has 1 aromatic heterocycles. The Bertz CT molecular complexity index is 789. The Morgan fingerprint density at radius 1 is 1.23 bits per heavy atom. The molecule has 1 aliphatic heterocycles. The number of benzene rings is 1. The van der Waals surface area contributed by atoms with Gasteiger partial charge < -0.3 is 15.4 Å². The molecule has 8 heteroatoms. The van der Waals surface area contributed by atoms with Gasteiger partial charge in [-0.25, -0.2) is 9.37 Å². The number of nitrogens with one attached hydrogen (secondary N) is 2. The molecule has 1 unspecified atom stereocenters. The monoisotopic (exact) mass is 433 g/mol. The summed E-state index contributed by atoms with van der Waals surface area (Å²) in [5, 5.41) is 10.0. The second-order valence-electron chi connectivity index (χ2n) is 7.20. The number of hydrogen-bond acceptors (Lipinski definition) is 5. The summed E-state index contributed by atoms with van der Waals surface area (Å²) in [5.41, 5.74) is 2.20. The smallest absolute Gasteiger partial charge is 0.191 e. The predicted octanol–water partition coefficient (Wildman–Crippen LogP) is 3.02. The molecule has 3 rings (SSSR count). The van der Waals surface area contributed by atoms with E-state index in [9.17, 15) is 4.39 Å². The average Bonchev–Trinajstić information content (AvgIpc) is 3.24. The van der Waals surface area contributed by atoms with Crippen LogP contribution in [0.4, 0.5) is 4.39 Å². The van der Waals surface area contributed by atoms with Gasteiger partial charge in [0, 0.05) is 38.0 Å². The summed E-state index contributed by atoms with van der Waals surface area (Å²) in [4.78, 5) is 11.8. The number of nitrogens with zero attached hydrogens (tertiary/aromatic N) is 3. The number of rotatable bonds is 9. The molecule has 0 radical (unpaired) electrons. The summed E-state index contributed by atoms with van der Waals surface area (Å²) in [6, 6.07) is 6.86. The zero-order valence-corrected chi connectivity index (χ0v) is 18.7. The fourth-order valence-corrected chi connectivity index (χ4v) is 4.24.